The molecule has 2 aromatic carbocycles. The molecule has 5 heteroatoms. The van der Waals surface area contributed by atoms with E-state index in [2.05, 4.69) is 10.1 Å². The van der Waals surface area contributed by atoms with E-state index >= 15 is 0 Å². The van der Waals surface area contributed by atoms with Crippen molar-refractivity contribution in [3.63, 3.8) is 0 Å². The fourth-order valence-corrected chi connectivity index (χ4v) is 2.52. The molecule has 0 radical (unpaired) electrons. The van der Waals surface area contributed by atoms with Crippen LogP contribution in [-0.4, -0.2) is 23.0 Å². The molecule has 0 saturated carbocycles. The van der Waals surface area contributed by atoms with Gasteiger partial charge >= 0.3 is 0 Å². The Labute approximate surface area is 132 Å². The van der Waals surface area contributed by atoms with Crippen LogP contribution in [0.3, 0.4) is 0 Å². The van der Waals surface area contributed by atoms with E-state index in [1.165, 1.54) is 0 Å². The molecule has 0 fully saturated rings. The Morgan fingerprint density at radius 3 is 2.59 bits per heavy atom. The zero-order chi connectivity index (χ0) is 15.5. The van der Waals surface area contributed by atoms with Crippen molar-refractivity contribution in [2.45, 2.75) is 0 Å². The molecule has 0 saturated heterocycles. The summed E-state index contributed by atoms with van der Waals surface area (Å²) in [6, 6.07) is 16.7. The maximum absolute atomic E-state index is 9.41. The zero-order valence-corrected chi connectivity index (χ0v) is 12.6. The van der Waals surface area contributed by atoms with Gasteiger partial charge in [-0.1, -0.05) is 47.1 Å². The van der Waals surface area contributed by atoms with Crippen LogP contribution >= 0.6 is 11.6 Å². The van der Waals surface area contributed by atoms with E-state index in [-0.39, 0.29) is 5.15 Å². The lowest BCUT2D eigenvalue weighted by Crippen LogP contribution is -2.05. The first-order chi connectivity index (χ1) is 10.7. The summed E-state index contributed by atoms with van der Waals surface area (Å²) < 4.78 is 5.22. The van der Waals surface area contributed by atoms with E-state index in [1.54, 1.807) is 7.11 Å². The number of fused-ring (bicyclic) bond motifs is 1. The van der Waals surface area contributed by atoms with Crippen LogP contribution in [0.2, 0.25) is 5.15 Å². The van der Waals surface area contributed by atoms with Crippen molar-refractivity contribution in [3.8, 4) is 5.75 Å². The number of ether oxygens (including phenoxy) is 1. The molecular formula is C17H13ClN2O2. The molecule has 0 bridgehead atoms. The third kappa shape index (κ3) is 2.61. The van der Waals surface area contributed by atoms with Crippen LogP contribution in [0.25, 0.3) is 10.9 Å². The third-order valence-corrected chi connectivity index (χ3v) is 3.67. The average molecular weight is 313 g/mol. The minimum absolute atomic E-state index is 0.286. The van der Waals surface area contributed by atoms with Gasteiger partial charge in [0.15, 0.2) is 0 Å². The van der Waals surface area contributed by atoms with E-state index < -0.39 is 0 Å². The van der Waals surface area contributed by atoms with Crippen molar-refractivity contribution < 1.29 is 9.94 Å². The quantitative estimate of drug-likeness (QED) is 0.342. The van der Waals surface area contributed by atoms with Crippen molar-refractivity contribution in [2.24, 2.45) is 5.16 Å². The van der Waals surface area contributed by atoms with Gasteiger partial charge in [0, 0.05) is 16.5 Å². The Hall–Kier alpha value is -2.59. The standard InChI is InChI=1S/C17H13ClN2O2/c1-22-13-7-8-15-12(9-13)10-14(17(18)19-15)16(20-21)11-5-3-2-4-6-11/h2-10,21H,1H3/b20-16+. The third-order valence-electron chi connectivity index (χ3n) is 3.38. The maximum Gasteiger partial charge on any atom is 0.139 e. The highest BCUT2D eigenvalue weighted by Gasteiger charge is 2.14. The maximum atomic E-state index is 9.41. The van der Waals surface area contributed by atoms with Gasteiger partial charge in [-0.3, -0.25) is 0 Å². The first-order valence-corrected chi connectivity index (χ1v) is 7.03. The topological polar surface area (TPSA) is 54.7 Å². The van der Waals surface area contributed by atoms with Gasteiger partial charge < -0.3 is 9.94 Å². The predicted octanol–water partition coefficient (Wildman–Crippen LogP) is 4.12. The number of benzene rings is 2. The molecule has 4 nitrogen and oxygen atoms in total. The lowest BCUT2D eigenvalue weighted by Gasteiger charge is -2.09. The Balaban J connectivity index is 2.19. The van der Waals surface area contributed by atoms with Gasteiger partial charge in [-0.15, -0.1) is 0 Å². The molecule has 3 rings (SSSR count). The van der Waals surface area contributed by atoms with Crippen molar-refractivity contribution in [1.29, 1.82) is 0 Å². The first-order valence-electron chi connectivity index (χ1n) is 6.65. The molecule has 0 spiro atoms. The van der Waals surface area contributed by atoms with Crippen LogP contribution in [0.1, 0.15) is 11.1 Å². The highest BCUT2D eigenvalue weighted by Crippen LogP contribution is 2.26. The fraction of sp³-hybridized carbons (Fsp3) is 0.0588. The minimum atomic E-state index is 0.286. The predicted molar refractivity (Wildman–Crippen MR) is 87.2 cm³/mol. The number of hydrogen-bond acceptors (Lipinski definition) is 4. The van der Waals surface area contributed by atoms with Crippen molar-refractivity contribution in [3.05, 3.63) is 70.9 Å². The fourth-order valence-electron chi connectivity index (χ4n) is 2.29. The van der Waals surface area contributed by atoms with Gasteiger partial charge in [0.05, 0.1) is 12.6 Å². The molecule has 110 valence electrons. The van der Waals surface area contributed by atoms with E-state index in [0.29, 0.717) is 11.3 Å². The number of halogens is 1. The summed E-state index contributed by atoms with van der Waals surface area (Å²) >= 11 is 6.27. The van der Waals surface area contributed by atoms with Gasteiger partial charge in [0.1, 0.15) is 16.6 Å². The van der Waals surface area contributed by atoms with Crippen LogP contribution in [0.15, 0.2) is 59.8 Å². The SMILES string of the molecule is COc1ccc2nc(Cl)c(/C(=N/O)c3ccccc3)cc2c1. The number of hydrogen-bond donors (Lipinski definition) is 1. The largest absolute Gasteiger partial charge is 0.497 e. The molecule has 0 unspecified atom stereocenters. The second-order valence-corrected chi connectivity index (χ2v) is 5.06. The molecule has 0 aliphatic heterocycles. The van der Waals surface area contributed by atoms with Crippen LogP contribution in [0.4, 0.5) is 0 Å². The Morgan fingerprint density at radius 2 is 1.91 bits per heavy atom. The normalized spacial score (nSPS) is 11.6. The molecule has 1 aromatic heterocycles. The second-order valence-electron chi connectivity index (χ2n) is 4.70. The van der Waals surface area contributed by atoms with Crippen molar-refractivity contribution in [1.82, 2.24) is 4.98 Å². The molecule has 0 aliphatic rings. The summed E-state index contributed by atoms with van der Waals surface area (Å²) in [5.41, 5.74) is 2.45. The van der Waals surface area contributed by atoms with Crippen LogP contribution < -0.4 is 4.74 Å². The van der Waals surface area contributed by atoms with Gasteiger partial charge in [-0.05, 0) is 24.3 Å². The van der Waals surface area contributed by atoms with Crippen LogP contribution in [0.5, 0.6) is 5.75 Å². The monoisotopic (exact) mass is 312 g/mol. The lowest BCUT2D eigenvalue weighted by atomic mass is 10.0. The zero-order valence-electron chi connectivity index (χ0n) is 11.8. The van der Waals surface area contributed by atoms with Crippen LogP contribution in [0, 0.1) is 0 Å². The van der Waals surface area contributed by atoms with Gasteiger partial charge in [0.2, 0.25) is 0 Å². The Bertz CT molecular complexity index is 848. The molecule has 1 N–H and O–H groups in total. The highest BCUT2D eigenvalue weighted by atomic mass is 35.5. The molecule has 1 heterocycles. The molecule has 0 aliphatic carbocycles. The highest BCUT2D eigenvalue weighted by molar-refractivity contribution is 6.35. The minimum Gasteiger partial charge on any atom is -0.497 e. The number of methoxy groups -OCH3 is 1. The number of aromatic nitrogens is 1. The summed E-state index contributed by atoms with van der Waals surface area (Å²) in [6.45, 7) is 0. The number of nitrogens with zero attached hydrogens (tertiary/aromatic N) is 2. The summed E-state index contributed by atoms with van der Waals surface area (Å²) in [4.78, 5) is 4.36. The summed E-state index contributed by atoms with van der Waals surface area (Å²) in [6.07, 6.45) is 0. The average Bonchev–Trinajstić information content (AvgIpc) is 2.56. The van der Waals surface area contributed by atoms with Crippen molar-refractivity contribution in [2.75, 3.05) is 7.11 Å². The molecule has 3 aromatic rings. The van der Waals surface area contributed by atoms with E-state index in [0.717, 1.165) is 22.2 Å². The lowest BCUT2D eigenvalue weighted by molar-refractivity contribution is 0.319. The van der Waals surface area contributed by atoms with Crippen LogP contribution in [-0.2, 0) is 0 Å². The number of pyridine rings is 1. The smallest absolute Gasteiger partial charge is 0.139 e. The van der Waals surface area contributed by atoms with E-state index in [1.807, 2.05) is 54.6 Å². The van der Waals surface area contributed by atoms with Gasteiger partial charge in [-0.25, -0.2) is 4.98 Å². The molecule has 0 atom stereocenters. The molecular weight excluding hydrogens is 300 g/mol. The van der Waals surface area contributed by atoms with E-state index in [9.17, 15) is 5.21 Å². The number of oxime groups is 1. The van der Waals surface area contributed by atoms with Gasteiger partial charge in [0.25, 0.3) is 0 Å². The summed E-state index contributed by atoms with van der Waals surface area (Å²) in [7, 11) is 1.61. The number of rotatable bonds is 3. The Kier molecular flexibility index (Phi) is 3.94. The molecule has 22 heavy (non-hydrogen) atoms. The van der Waals surface area contributed by atoms with Crippen molar-refractivity contribution >= 4 is 28.2 Å². The summed E-state index contributed by atoms with van der Waals surface area (Å²) in [5.74, 6) is 0.727. The Morgan fingerprint density at radius 1 is 1.14 bits per heavy atom. The first kappa shape index (κ1) is 14.4. The van der Waals surface area contributed by atoms with Gasteiger partial charge in [-0.2, -0.15) is 0 Å². The second kappa shape index (κ2) is 6.03. The summed E-state index contributed by atoms with van der Waals surface area (Å²) in [5, 5.41) is 14.0. The molecule has 0 amide bonds. The van der Waals surface area contributed by atoms with E-state index in [4.69, 9.17) is 16.3 Å².